The lowest BCUT2D eigenvalue weighted by molar-refractivity contribution is -0.137. The highest BCUT2D eigenvalue weighted by atomic mass is 16.4. The van der Waals surface area contributed by atoms with Crippen LogP contribution < -0.4 is 5.32 Å². The summed E-state index contributed by atoms with van der Waals surface area (Å²) in [6.45, 7) is 3.71. The average Bonchev–Trinajstić information content (AvgIpc) is 2.88. The van der Waals surface area contributed by atoms with Gasteiger partial charge in [-0.05, 0) is 44.7 Å². The number of aliphatic carboxylic acids is 1. The molecule has 2 aromatic rings. The van der Waals surface area contributed by atoms with Crippen molar-refractivity contribution in [2.24, 2.45) is 0 Å². The van der Waals surface area contributed by atoms with E-state index in [2.05, 4.69) is 16.4 Å². The molecule has 23 heavy (non-hydrogen) atoms. The summed E-state index contributed by atoms with van der Waals surface area (Å²) in [7, 11) is 0. The Balaban J connectivity index is 1.79. The van der Waals surface area contributed by atoms with Gasteiger partial charge in [-0.1, -0.05) is 18.2 Å². The zero-order valence-corrected chi connectivity index (χ0v) is 13.7. The number of carboxylic acids is 1. The van der Waals surface area contributed by atoms with Gasteiger partial charge in [-0.2, -0.15) is 0 Å². The molecular formula is C18H24N2O3. The highest BCUT2D eigenvalue weighted by molar-refractivity contribution is 5.83. The van der Waals surface area contributed by atoms with E-state index >= 15 is 0 Å². The number of hydrogen-bond donors (Lipinski definition) is 3. The van der Waals surface area contributed by atoms with Crippen LogP contribution in [0.2, 0.25) is 0 Å². The van der Waals surface area contributed by atoms with Crippen molar-refractivity contribution >= 4 is 22.8 Å². The Morgan fingerprint density at radius 1 is 1.22 bits per heavy atom. The Hall–Kier alpha value is -2.30. The van der Waals surface area contributed by atoms with Gasteiger partial charge in [0.05, 0.1) is 0 Å². The summed E-state index contributed by atoms with van der Waals surface area (Å²) < 4.78 is 0. The first-order chi connectivity index (χ1) is 10.9. The summed E-state index contributed by atoms with van der Waals surface area (Å²) >= 11 is 0. The van der Waals surface area contributed by atoms with Crippen molar-refractivity contribution in [3.8, 4) is 0 Å². The number of amides is 1. The largest absolute Gasteiger partial charge is 0.481 e. The highest BCUT2D eigenvalue weighted by Crippen LogP contribution is 2.19. The average molecular weight is 316 g/mol. The van der Waals surface area contributed by atoms with E-state index in [1.165, 1.54) is 10.9 Å². The first-order valence-electron chi connectivity index (χ1n) is 7.95. The van der Waals surface area contributed by atoms with Gasteiger partial charge in [-0.15, -0.1) is 0 Å². The Labute approximate surface area is 136 Å². The number of nitrogens with one attached hydrogen (secondary N) is 2. The molecule has 0 spiro atoms. The lowest BCUT2D eigenvalue weighted by Gasteiger charge is -2.25. The minimum Gasteiger partial charge on any atom is -0.481 e. The van der Waals surface area contributed by atoms with Crippen LogP contribution in [-0.4, -0.2) is 27.5 Å². The van der Waals surface area contributed by atoms with Crippen molar-refractivity contribution in [3.05, 3.63) is 36.0 Å². The van der Waals surface area contributed by atoms with E-state index < -0.39 is 11.5 Å². The number of para-hydroxylation sites is 1. The van der Waals surface area contributed by atoms with Crippen molar-refractivity contribution in [3.63, 3.8) is 0 Å². The Morgan fingerprint density at radius 3 is 2.70 bits per heavy atom. The highest BCUT2D eigenvalue weighted by Gasteiger charge is 2.21. The van der Waals surface area contributed by atoms with Gasteiger partial charge in [0.25, 0.3) is 0 Å². The number of aromatic nitrogens is 1. The smallest absolute Gasteiger partial charge is 0.303 e. The first-order valence-corrected chi connectivity index (χ1v) is 7.95. The van der Waals surface area contributed by atoms with E-state index in [0.29, 0.717) is 12.8 Å². The third-order valence-corrected chi connectivity index (χ3v) is 3.97. The molecule has 124 valence electrons. The zero-order valence-electron chi connectivity index (χ0n) is 13.7. The fraction of sp³-hybridized carbons (Fsp3) is 0.444. The molecule has 0 bridgehead atoms. The maximum Gasteiger partial charge on any atom is 0.303 e. The SMILES string of the molecule is CC(C)(CCC(=O)O)NC(=O)CCCc1c[nH]c2ccccc12. The standard InChI is InChI=1S/C18H24N2O3/c1-18(2,11-10-17(22)23)20-16(21)9-5-6-13-12-19-15-8-4-3-7-14(13)15/h3-4,7-8,12,19H,5-6,9-11H2,1-2H3,(H,20,21)(H,22,23). The van der Waals surface area contributed by atoms with Crippen molar-refractivity contribution in [2.45, 2.75) is 51.5 Å². The third-order valence-electron chi connectivity index (χ3n) is 3.97. The fourth-order valence-electron chi connectivity index (χ4n) is 2.70. The molecule has 0 unspecified atom stereocenters. The number of carbonyl (C=O) groups excluding carboxylic acids is 1. The van der Waals surface area contributed by atoms with Crippen LogP contribution in [0.25, 0.3) is 10.9 Å². The van der Waals surface area contributed by atoms with Gasteiger partial charge in [0, 0.05) is 35.5 Å². The molecule has 0 saturated heterocycles. The fourth-order valence-corrected chi connectivity index (χ4v) is 2.70. The predicted octanol–water partition coefficient (Wildman–Crippen LogP) is 3.25. The summed E-state index contributed by atoms with van der Waals surface area (Å²) in [4.78, 5) is 25.9. The normalized spacial score (nSPS) is 11.6. The van der Waals surface area contributed by atoms with Gasteiger partial charge < -0.3 is 15.4 Å². The van der Waals surface area contributed by atoms with Gasteiger partial charge in [0.1, 0.15) is 0 Å². The maximum atomic E-state index is 12.0. The van der Waals surface area contributed by atoms with Gasteiger partial charge in [-0.25, -0.2) is 0 Å². The predicted molar refractivity (Wildman–Crippen MR) is 90.3 cm³/mol. The topological polar surface area (TPSA) is 82.2 Å². The minimum absolute atomic E-state index is 0.0276. The maximum absolute atomic E-state index is 12.0. The monoisotopic (exact) mass is 316 g/mol. The lowest BCUT2D eigenvalue weighted by Crippen LogP contribution is -2.43. The van der Waals surface area contributed by atoms with Crippen LogP contribution in [-0.2, 0) is 16.0 Å². The van der Waals surface area contributed by atoms with Crippen LogP contribution in [0.4, 0.5) is 0 Å². The number of fused-ring (bicyclic) bond motifs is 1. The number of aryl methyl sites for hydroxylation is 1. The quantitative estimate of drug-likeness (QED) is 0.699. The molecule has 0 atom stereocenters. The number of H-pyrrole nitrogens is 1. The Bertz CT molecular complexity index is 688. The molecule has 0 aliphatic rings. The van der Waals surface area contributed by atoms with Crippen molar-refractivity contribution in [1.82, 2.24) is 10.3 Å². The van der Waals surface area contributed by atoms with E-state index in [-0.39, 0.29) is 12.3 Å². The molecule has 1 amide bonds. The molecule has 1 aromatic carbocycles. The minimum atomic E-state index is -0.841. The van der Waals surface area contributed by atoms with Crippen molar-refractivity contribution in [2.75, 3.05) is 0 Å². The summed E-state index contributed by atoms with van der Waals surface area (Å²) in [5.74, 6) is -0.869. The molecule has 2 rings (SSSR count). The van der Waals surface area contributed by atoms with Crippen LogP contribution >= 0.6 is 0 Å². The van der Waals surface area contributed by atoms with E-state index in [1.807, 2.05) is 38.2 Å². The summed E-state index contributed by atoms with van der Waals surface area (Å²) in [5, 5.41) is 12.9. The first kappa shape index (κ1) is 17.1. The zero-order chi connectivity index (χ0) is 16.9. The van der Waals surface area contributed by atoms with Crippen LogP contribution in [0, 0.1) is 0 Å². The van der Waals surface area contributed by atoms with E-state index in [1.54, 1.807) is 0 Å². The van der Waals surface area contributed by atoms with Gasteiger partial charge >= 0.3 is 5.97 Å². The van der Waals surface area contributed by atoms with Gasteiger partial charge in [-0.3, -0.25) is 9.59 Å². The van der Waals surface area contributed by atoms with Crippen LogP contribution in [0.1, 0.15) is 45.1 Å². The number of aromatic amines is 1. The second-order valence-electron chi connectivity index (χ2n) is 6.54. The molecule has 0 radical (unpaired) electrons. The molecule has 1 heterocycles. The summed E-state index contributed by atoms with van der Waals surface area (Å²) in [6, 6.07) is 8.12. The van der Waals surface area contributed by atoms with Crippen molar-refractivity contribution in [1.29, 1.82) is 0 Å². The third kappa shape index (κ3) is 5.13. The molecule has 5 nitrogen and oxygen atoms in total. The molecule has 5 heteroatoms. The number of benzene rings is 1. The number of carboxylic acid groups (broad SMARTS) is 1. The van der Waals surface area contributed by atoms with E-state index in [4.69, 9.17) is 5.11 Å². The van der Waals surface area contributed by atoms with Gasteiger partial charge in [0.2, 0.25) is 5.91 Å². The van der Waals surface area contributed by atoms with Crippen molar-refractivity contribution < 1.29 is 14.7 Å². The summed E-state index contributed by atoms with van der Waals surface area (Å²) in [6.07, 6.45) is 4.53. The van der Waals surface area contributed by atoms with E-state index in [0.717, 1.165) is 18.4 Å². The Morgan fingerprint density at radius 2 is 1.96 bits per heavy atom. The van der Waals surface area contributed by atoms with Gasteiger partial charge in [0.15, 0.2) is 0 Å². The molecule has 0 saturated carbocycles. The van der Waals surface area contributed by atoms with Crippen LogP contribution in [0.3, 0.4) is 0 Å². The lowest BCUT2D eigenvalue weighted by atomic mass is 9.98. The van der Waals surface area contributed by atoms with Crippen LogP contribution in [0.15, 0.2) is 30.5 Å². The van der Waals surface area contributed by atoms with E-state index in [9.17, 15) is 9.59 Å². The molecule has 0 aliphatic heterocycles. The molecular weight excluding hydrogens is 292 g/mol. The molecule has 3 N–H and O–H groups in total. The number of hydrogen-bond acceptors (Lipinski definition) is 2. The molecule has 1 aromatic heterocycles. The summed E-state index contributed by atoms with van der Waals surface area (Å²) in [5.41, 5.74) is 1.84. The molecule has 0 fully saturated rings. The Kier molecular flexibility index (Phi) is 5.42. The number of carbonyl (C=O) groups is 2. The second-order valence-corrected chi connectivity index (χ2v) is 6.54. The number of rotatable bonds is 8. The molecule has 0 aliphatic carbocycles. The van der Waals surface area contributed by atoms with Crippen LogP contribution in [0.5, 0.6) is 0 Å². The second kappa shape index (κ2) is 7.31.